The minimum absolute atomic E-state index is 0.582. The first-order chi connectivity index (χ1) is 7.79. The van der Waals surface area contributed by atoms with Gasteiger partial charge in [-0.1, -0.05) is 11.6 Å². The van der Waals surface area contributed by atoms with Crippen LogP contribution in [0.3, 0.4) is 0 Å². The van der Waals surface area contributed by atoms with Gasteiger partial charge in [-0.3, -0.25) is 0 Å². The molecule has 0 aliphatic carbocycles. The van der Waals surface area contributed by atoms with Crippen LogP contribution in [0, 0.1) is 11.3 Å². The third kappa shape index (κ3) is 2.60. The highest BCUT2D eigenvalue weighted by Gasteiger charge is 2.05. The molecule has 0 aliphatic rings. The van der Waals surface area contributed by atoms with Crippen molar-refractivity contribution in [2.75, 3.05) is 0 Å². The summed E-state index contributed by atoms with van der Waals surface area (Å²) in [6, 6.07) is 11.2. The van der Waals surface area contributed by atoms with Gasteiger partial charge in [-0.05, 0) is 30.3 Å². The van der Waals surface area contributed by atoms with E-state index in [0.29, 0.717) is 16.3 Å². The minimum Gasteiger partial charge on any atom is -0.468 e. The highest BCUT2D eigenvalue weighted by atomic mass is 35.5. The number of hydrogen-bond donors (Lipinski definition) is 0. The molecule has 2 nitrogen and oxygen atoms in total. The van der Waals surface area contributed by atoms with Gasteiger partial charge in [0, 0.05) is 9.92 Å². The molecule has 0 amide bonds. The first kappa shape index (κ1) is 11.1. The molecule has 0 radical (unpaired) electrons. The van der Waals surface area contributed by atoms with Gasteiger partial charge in [0.2, 0.25) is 0 Å². The maximum atomic E-state index is 8.95. The monoisotopic (exact) mass is 249 g/mol. The van der Waals surface area contributed by atoms with Gasteiger partial charge in [-0.15, -0.1) is 11.8 Å². The van der Waals surface area contributed by atoms with E-state index in [4.69, 9.17) is 21.3 Å². The lowest BCUT2D eigenvalue weighted by atomic mass is 10.2. The molecule has 0 aliphatic heterocycles. The molecule has 1 aromatic heterocycles. The van der Waals surface area contributed by atoms with Crippen LogP contribution in [-0.2, 0) is 5.75 Å². The Balaban J connectivity index is 2.13. The second-order valence-corrected chi connectivity index (χ2v) is 4.57. The normalized spacial score (nSPS) is 10.0. The van der Waals surface area contributed by atoms with Gasteiger partial charge in [0.25, 0.3) is 0 Å². The van der Waals surface area contributed by atoms with Gasteiger partial charge in [0.1, 0.15) is 11.8 Å². The summed E-state index contributed by atoms with van der Waals surface area (Å²) >= 11 is 7.38. The summed E-state index contributed by atoms with van der Waals surface area (Å²) in [5.74, 6) is 1.60. The second-order valence-electron chi connectivity index (χ2n) is 3.12. The van der Waals surface area contributed by atoms with Gasteiger partial charge in [-0.2, -0.15) is 5.26 Å². The zero-order valence-electron chi connectivity index (χ0n) is 8.31. The summed E-state index contributed by atoms with van der Waals surface area (Å²) in [5.41, 5.74) is 0.601. The van der Waals surface area contributed by atoms with E-state index in [2.05, 4.69) is 6.07 Å². The van der Waals surface area contributed by atoms with E-state index < -0.39 is 0 Å². The molecule has 0 bridgehead atoms. The molecule has 2 rings (SSSR count). The SMILES string of the molecule is N#Cc1cc(Cl)ccc1SCc1ccco1. The van der Waals surface area contributed by atoms with Crippen molar-refractivity contribution in [3.63, 3.8) is 0 Å². The lowest BCUT2D eigenvalue weighted by Gasteiger charge is -2.02. The Kier molecular flexibility index (Phi) is 3.55. The zero-order valence-corrected chi connectivity index (χ0v) is 9.89. The van der Waals surface area contributed by atoms with Crippen LogP contribution in [0.5, 0.6) is 0 Å². The smallest absolute Gasteiger partial charge is 0.113 e. The second kappa shape index (κ2) is 5.11. The summed E-state index contributed by atoms with van der Waals surface area (Å²) in [4.78, 5) is 0.920. The van der Waals surface area contributed by atoms with E-state index in [1.165, 1.54) is 0 Å². The standard InChI is InChI=1S/C12H8ClNOS/c13-10-3-4-12(9(6-10)7-14)16-8-11-2-1-5-15-11/h1-6H,8H2. The molecule has 1 aromatic carbocycles. The number of furan rings is 1. The third-order valence-corrected chi connectivity index (χ3v) is 3.34. The predicted octanol–water partition coefficient (Wildman–Crippen LogP) is 4.10. The Morgan fingerprint density at radius 3 is 2.94 bits per heavy atom. The van der Waals surface area contributed by atoms with Crippen LogP contribution in [0.1, 0.15) is 11.3 Å². The topological polar surface area (TPSA) is 36.9 Å². The first-order valence-corrected chi connectivity index (χ1v) is 6.01. The van der Waals surface area contributed by atoms with Crippen molar-refractivity contribution >= 4 is 23.4 Å². The third-order valence-electron chi connectivity index (χ3n) is 2.01. The van der Waals surface area contributed by atoms with E-state index in [0.717, 1.165) is 10.7 Å². The number of hydrogen-bond acceptors (Lipinski definition) is 3. The molecule has 0 fully saturated rings. The lowest BCUT2D eigenvalue weighted by molar-refractivity contribution is 0.530. The Labute approximate surface area is 103 Å². The van der Waals surface area contributed by atoms with E-state index >= 15 is 0 Å². The van der Waals surface area contributed by atoms with Crippen LogP contribution in [0.2, 0.25) is 5.02 Å². The number of nitriles is 1. The predicted molar refractivity (Wildman–Crippen MR) is 64.4 cm³/mol. The largest absolute Gasteiger partial charge is 0.468 e. The average molecular weight is 250 g/mol. The van der Waals surface area contributed by atoms with Gasteiger partial charge in [0.15, 0.2) is 0 Å². The zero-order chi connectivity index (χ0) is 11.4. The van der Waals surface area contributed by atoms with Gasteiger partial charge < -0.3 is 4.42 Å². The number of benzene rings is 1. The first-order valence-electron chi connectivity index (χ1n) is 4.64. The van der Waals surface area contributed by atoms with Crippen molar-refractivity contribution in [3.8, 4) is 6.07 Å². The molecule has 0 unspecified atom stereocenters. The van der Waals surface area contributed by atoms with E-state index in [9.17, 15) is 0 Å². The van der Waals surface area contributed by atoms with Crippen LogP contribution in [-0.4, -0.2) is 0 Å². The van der Waals surface area contributed by atoms with E-state index in [1.807, 2.05) is 18.2 Å². The molecular formula is C12H8ClNOS. The fourth-order valence-electron chi connectivity index (χ4n) is 1.26. The molecular weight excluding hydrogens is 242 g/mol. The van der Waals surface area contributed by atoms with Crippen LogP contribution in [0.25, 0.3) is 0 Å². The van der Waals surface area contributed by atoms with Crippen molar-refractivity contribution in [1.82, 2.24) is 0 Å². The Bertz CT molecular complexity index is 516. The van der Waals surface area contributed by atoms with Gasteiger partial charge in [-0.25, -0.2) is 0 Å². The number of thioether (sulfide) groups is 1. The highest BCUT2D eigenvalue weighted by molar-refractivity contribution is 7.98. The number of nitrogens with zero attached hydrogens (tertiary/aromatic N) is 1. The molecule has 1 heterocycles. The van der Waals surface area contributed by atoms with Crippen molar-refractivity contribution in [2.45, 2.75) is 10.6 Å². The molecule has 80 valence electrons. The fraction of sp³-hybridized carbons (Fsp3) is 0.0833. The Hall–Kier alpha value is -1.37. The van der Waals surface area contributed by atoms with Crippen LogP contribution in [0.4, 0.5) is 0 Å². The molecule has 0 spiro atoms. The summed E-state index contributed by atoms with van der Waals surface area (Å²) in [7, 11) is 0. The van der Waals surface area contributed by atoms with Crippen LogP contribution in [0.15, 0.2) is 45.9 Å². The maximum Gasteiger partial charge on any atom is 0.113 e. The van der Waals surface area contributed by atoms with Crippen molar-refractivity contribution in [3.05, 3.63) is 52.9 Å². The molecule has 0 saturated carbocycles. The number of halogens is 1. The lowest BCUT2D eigenvalue weighted by Crippen LogP contribution is -1.82. The van der Waals surface area contributed by atoms with Gasteiger partial charge >= 0.3 is 0 Å². The summed E-state index contributed by atoms with van der Waals surface area (Å²) in [6.45, 7) is 0. The maximum absolute atomic E-state index is 8.95. The molecule has 0 N–H and O–H groups in total. The summed E-state index contributed by atoms with van der Waals surface area (Å²) < 4.78 is 5.22. The van der Waals surface area contributed by atoms with Crippen molar-refractivity contribution in [2.24, 2.45) is 0 Å². The van der Waals surface area contributed by atoms with Crippen molar-refractivity contribution in [1.29, 1.82) is 5.26 Å². The average Bonchev–Trinajstić information content (AvgIpc) is 2.80. The van der Waals surface area contributed by atoms with E-state index in [1.54, 1.807) is 30.2 Å². The van der Waals surface area contributed by atoms with Crippen LogP contribution < -0.4 is 0 Å². The minimum atomic E-state index is 0.582. The van der Waals surface area contributed by atoms with Gasteiger partial charge in [0.05, 0.1) is 17.6 Å². The summed E-state index contributed by atoms with van der Waals surface area (Å²) in [5, 5.41) is 9.54. The van der Waals surface area contributed by atoms with Crippen LogP contribution >= 0.6 is 23.4 Å². The summed E-state index contributed by atoms with van der Waals surface area (Å²) in [6.07, 6.45) is 1.64. The molecule has 4 heteroatoms. The quantitative estimate of drug-likeness (QED) is 0.769. The highest BCUT2D eigenvalue weighted by Crippen LogP contribution is 2.28. The number of rotatable bonds is 3. The molecule has 0 saturated heterocycles. The Morgan fingerprint density at radius 1 is 1.38 bits per heavy atom. The van der Waals surface area contributed by atoms with E-state index in [-0.39, 0.29) is 0 Å². The Morgan fingerprint density at radius 2 is 2.25 bits per heavy atom. The van der Waals surface area contributed by atoms with Crippen molar-refractivity contribution < 1.29 is 4.42 Å². The molecule has 16 heavy (non-hydrogen) atoms. The molecule has 2 aromatic rings. The fourth-order valence-corrected chi connectivity index (χ4v) is 2.32. The molecule has 0 atom stereocenters.